The first-order chi connectivity index (χ1) is 9.54. The Morgan fingerprint density at radius 3 is 2.75 bits per heavy atom. The minimum atomic E-state index is -0.172. The second-order valence-corrected chi connectivity index (χ2v) is 7.12. The molecule has 6 heteroatoms. The lowest BCUT2D eigenvalue weighted by Gasteiger charge is -2.43. The van der Waals surface area contributed by atoms with E-state index < -0.39 is 0 Å². The summed E-state index contributed by atoms with van der Waals surface area (Å²) in [6.45, 7) is 5.44. The van der Waals surface area contributed by atoms with Crippen molar-refractivity contribution in [2.24, 2.45) is 0 Å². The van der Waals surface area contributed by atoms with Gasteiger partial charge in [-0.25, -0.2) is 4.98 Å². The normalized spacial score (nSPS) is 29.9. The van der Waals surface area contributed by atoms with Gasteiger partial charge in [-0.2, -0.15) is 0 Å². The molecule has 0 bridgehead atoms. The summed E-state index contributed by atoms with van der Waals surface area (Å²) in [7, 11) is 0. The highest BCUT2D eigenvalue weighted by atomic mass is 127. The van der Waals surface area contributed by atoms with E-state index in [-0.39, 0.29) is 11.6 Å². The van der Waals surface area contributed by atoms with Gasteiger partial charge < -0.3 is 20.1 Å². The highest BCUT2D eigenvalue weighted by Gasteiger charge is 2.39. The first-order valence-corrected chi connectivity index (χ1v) is 8.08. The number of ether oxygens (including phenoxy) is 1. The van der Waals surface area contributed by atoms with Gasteiger partial charge in [0.2, 0.25) is 0 Å². The summed E-state index contributed by atoms with van der Waals surface area (Å²) in [6.07, 6.45) is 1.40. The van der Waals surface area contributed by atoms with Crippen molar-refractivity contribution >= 4 is 34.2 Å². The SMILES string of the molecule is CC1(Nc2cc(I)cc(N3CCOCC3)n2)CC(O)C1. The van der Waals surface area contributed by atoms with Gasteiger partial charge in [-0.15, -0.1) is 0 Å². The van der Waals surface area contributed by atoms with Gasteiger partial charge >= 0.3 is 0 Å². The molecule has 110 valence electrons. The molecule has 0 atom stereocenters. The fourth-order valence-corrected chi connectivity index (χ4v) is 3.47. The Hall–Kier alpha value is -0.600. The summed E-state index contributed by atoms with van der Waals surface area (Å²) >= 11 is 2.33. The largest absolute Gasteiger partial charge is 0.393 e. The minimum absolute atomic E-state index is 0.0286. The summed E-state index contributed by atoms with van der Waals surface area (Å²) in [5, 5.41) is 13.0. The highest BCUT2D eigenvalue weighted by molar-refractivity contribution is 14.1. The Labute approximate surface area is 132 Å². The number of morpholine rings is 1. The zero-order chi connectivity index (χ0) is 14.2. The molecule has 0 aromatic carbocycles. The Balaban J connectivity index is 1.76. The van der Waals surface area contributed by atoms with E-state index in [1.807, 2.05) is 0 Å². The fraction of sp³-hybridized carbons (Fsp3) is 0.643. The molecule has 2 aliphatic rings. The summed E-state index contributed by atoms with van der Waals surface area (Å²) in [4.78, 5) is 6.98. The number of pyridine rings is 1. The van der Waals surface area contributed by atoms with E-state index in [1.54, 1.807) is 0 Å². The number of aliphatic hydroxyl groups excluding tert-OH is 1. The Kier molecular flexibility index (Phi) is 4.05. The number of nitrogens with one attached hydrogen (secondary N) is 1. The molecule has 0 unspecified atom stereocenters. The number of aliphatic hydroxyl groups is 1. The van der Waals surface area contributed by atoms with Crippen molar-refractivity contribution in [1.29, 1.82) is 0 Å². The lowest BCUT2D eigenvalue weighted by atomic mass is 9.76. The van der Waals surface area contributed by atoms with Crippen molar-refractivity contribution in [3.8, 4) is 0 Å². The third-order valence-electron chi connectivity index (χ3n) is 3.91. The summed E-state index contributed by atoms with van der Waals surface area (Å²) in [5.41, 5.74) is -0.0286. The number of nitrogens with zero attached hydrogens (tertiary/aromatic N) is 2. The average Bonchev–Trinajstić information content (AvgIpc) is 2.37. The van der Waals surface area contributed by atoms with Crippen molar-refractivity contribution in [3.05, 3.63) is 15.7 Å². The van der Waals surface area contributed by atoms with E-state index in [9.17, 15) is 5.11 Å². The molecule has 1 aromatic heterocycles. The van der Waals surface area contributed by atoms with Gasteiger partial charge in [0.15, 0.2) is 0 Å². The van der Waals surface area contributed by atoms with Crippen LogP contribution in [0.25, 0.3) is 0 Å². The third-order valence-corrected chi connectivity index (χ3v) is 4.54. The molecule has 1 aliphatic carbocycles. The molecule has 1 aromatic rings. The van der Waals surface area contributed by atoms with Crippen LogP contribution in [0.3, 0.4) is 0 Å². The zero-order valence-electron chi connectivity index (χ0n) is 11.6. The highest BCUT2D eigenvalue weighted by Crippen LogP contribution is 2.35. The van der Waals surface area contributed by atoms with E-state index in [2.05, 4.69) is 51.9 Å². The van der Waals surface area contributed by atoms with Gasteiger partial charge in [0.25, 0.3) is 0 Å². The molecular formula is C14H20IN3O2. The smallest absolute Gasteiger partial charge is 0.132 e. The molecular weight excluding hydrogens is 369 g/mol. The second-order valence-electron chi connectivity index (χ2n) is 5.88. The average molecular weight is 389 g/mol. The van der Waals surface area contributed by atoms with Gasteiger partial charge in [0.1, 0.15) is 11.6 Å². The molecule has 2 heterocycles. The quantitative estimate of drug-likeness (QED) is 0.773. The Bertz CT molecular complexity index is 485. The van der Waals surface area contributed by atoms with Crippen LogP contribution >= 0.6 is 22.6 Å². The van der Waals surface area contributed by atoms with Crippen molar-refractivity contribution in [2.45, 2.75) is 31.4 Å². The number of halogens is 1. The molecule has 5 nitrogen and oxygen atoms in total. The third kappa shape index (κ3) is 3.17. The van der Waals surface area contributed by atoms with Gasteiger partial charge in [0.05, 0.1) is 19.3 Å². The van der Waals surface area contributed by atoms with Crippen LogP contribution in [0.2, 0.25) is 0 Å². The van der Waals surface area contributed by atoms with E-state index in [1.165, 1.54) is 3.57 Å². The standard InChI is InChI=1S/C14H20IN3O2/c1-14(8-11(19)9-14)17-12-6-10(15)7-13(16-12)18-2-4-20-5-3-18/h6-7,11,19H,2-5,8-9H2,1H3,(H,16,17). The predicted octanol–water partition coefficient (Wildman–Crippen LogP) is 1.85. The van der Waals surface area contributed by atoms with Crippen LogP contribution in [-0.2, 0) is 4.74 Å². The lowest BCUT2D eigenvalue weighted by Crippen LogP contribution is -2.50. The minimum Gasteiger partial charge on any atom is -0.393 e. The molecule has 3 rings (SSSR count). The maximum Gasteiger partial charge on any atom is 0.132 e. The van der Waals surface area contributed by atoms with Gasteiger partial charge in [0, 0.05) is 22.2 Å². The number of hydrogen-bond acceptors (Lipinski definition) is 5. The molecule has 1 aliphatic heterocycles. The van der Waals surface area contributed by atoms with Gasteiger partial charge in [-0.1, -0.05) is 0 Å². The first kappa shape index (κ1) is 14.3. The van der Waals surface area contributed by atoms with E-state index in [0.717, 1.165) is 50.8 Å². The van der Waals surface area contributed by atoms with Crippen molar-refractivity contribution in [1.82, 2.24) is 4.98 Å². The van der Waals surface area contributed by atoms with E-state index in [0.29, 0.717) is 0 Å². The molecule has 2 N–H and O–H groups in total. The molecule has 20 heavy (non-hydrogen) atoms. The van der Waals surface area contributed by atoms with Crippen LogP contribution in [0.1, 0.15) is 19.8 Å². The van der Waals surface area contributed by atoms with E-state index in [4.69, 9.17) is 9.72 Å². The number of aromatic nitrogens is 1. The predicted molar refractivity (Wildman–Crippen MR) is 87.3 cm³/mol. The topological polar surface area (TPSA) is 57.6 Å². The maximum atomic E-state index is 9.49. The molecule has 2 fully saturated rings. The van der Waals surface area contributed by atoms with Crippen LogP contribution in [0.4, 0.5) is 11.6 Å². The van der Waals surface area contributed by atoms with Gasteiger partial charge in [-0.3, -0.25) is 0 Å². The fourth-order valence-electron chi connectivity index (χ4n) is 2.89. The summed E-state index contributed by atoms with van der Waals surface area (Å²) in [6, 6.07) is 4.16. The maximum absolute atomic E-state index is 9.49. The molecule has 0 spiro atoms. The van der Waals surface area contributed by atoms with Crippen LogP contribution < -0.4 is 10.2 Å². The second kappa shape index (κ2) is 5.65. The van der Waals surface area contributed by atoms with Crippen molar-refractivity contribution < 1.29 is 9.84 Å². The molecule has 1 saturated carbocycles. The Morgan fingerprint density at radius 1 is 1.40 bits per heavy atom. The van der Waals surface area contributed by atoms with E-state index >= 15 is 0 Å². The molecule has 0 radical (unpaired) electrons. The number of rotatable bonds is 3. The molecule has 1 saturated heterocycles. The van der Waals surface area contributed by atoms with Gasteiger partial charge in [-0.05, 0) is 54.5 Å². The van der Waals surface area contributed by atoms with Crippen molar-refractivity contribution in [3.63, 3.8) is 0 Å². The monoisotopic (exact) mass is 389 g/mol. The number of anilines is 2. The summed E-state index contributed by atoms with van der Waals surface area (Å²) < 4.78 is 6.56. The van der Waals surface area contributed by atoms with Crippen LogP contribution in [0.15, 0.2) is 12.1 Å². The zero-order valence-corrected chi connectivity index (χ0v) is 13.8. The van der Waals surface area contributed by atoms with Crippen LogP contribution in [-0.4, -0.2) is 48.0 Å². The first-order valence-electron chi connectivity index (χ1n) is 7.01. The lowest BCUT2D eigenvalue weighted by molar-refractivity contribution is 0.0421. The van der Waals surface area contributed by atoms with Crippen LogP contribution in [0, 0.1) is 3.57 Å². The number of hydrogen-bond donors (Lipinski definition) is 2. The van der Waals surface area contributed by atoms with Crippen LogP contribution in [0.5, 0.6) is 0 Å². The van der Waals surface area contributed by atoms with Crippen molar-refractivity contribution in [2.75, 3.05) is 36.5 Å². The molecule has 0 amide bonds. The Morgan fingerprint density at radius 2 is 2.10 bits per heavy atom. The summed E-state index contributed by atoms with van der Waals surface area (Å²) in [5.74, 6) is 1.90.